The van der Waals surface area contributed by atoms with Gasteiger partial charge in [0.2, 0.25) is 0 Å². The first-order chi connectivity index (χ1) is 9.38. The van der Waals surface area contributed by atoms with Gasteiger partial charge in [0, 0.05) is 15.4 Å². The van der Waals surface area contributed by atoms with Crippen molar-refractivity contribution >= 4 is 38.7 Å². The highest BCUT2D eigenvalue weighted by atomic mass is 79.9. The average molecular weight is 339 g/mol. The van der Waals surface area contributed by atoms with Crippen LogP contribution >= 0.6 is 15.9 Å². The van der Waals surface area contributed by atoms with Gasteiger partial charge >= 0.3 is 5.97 Å². The highest BCUT2D eigenvalue weighted by Crippen LogP contribution is 2.20. The minimum atomic E-state index is -1.03. The molecule has 0 aliphatic rings. The molecule has 0 saturated heterocycles. The number of aromatic amines is 1. The molecule has 0 radical (unpaired) electrons. The number of aliphatic carboxylic acids is 1. The Hall–Kier alpha value is -1.82. The van der Waals surface area contributed by atoms with Gasteiger partial charge in [-0.15, -0.1) is 0 Å². The molecule has 0 spiro atoms. The van der Waals surface area contributed by atoms with Crippen molar-refractivity contribution in [2.75, 3.05) is 0 Å². The fourth-order valence-electron chi connectivity index (χ4n) is 1.96. The molecule has 1 amide bonds. The lowest BCUT2D eigenvalue weighted by Gasteiger charge is -2.17. The molecule has 1 atom stereocenters. The Morgan fingerprint density at radius 2 is 2.00 bits per heavy atom. The number of carboxylic acid groups (broad SMARTS) is 1. The number of fused-ring (bicyclic) bond motifs is 1. The van der Waals surface area contributed by atoms with E-state index in [2.05, 4.69) is 26.2 Å². The van der Waals surface area contributed by atoms with E-state index in [0.29, 0.717) is 5.69 Å². The summed E-state index contributed by atoms with van der Waals surface area (Å²) < 4.78 is 0.918. The maximum absolute atomic E-state index is 12.1. The smallest absolute Gasteiger partial charge is 0.326 e. The van der Waals surface area contributed by atoms with Crippen LogP contribution in [0.1, 0.15) is 24.3 Å². The van der Waals surface area contributed by atoms with Crippen molar-refractivity contribution in [1.29, 1.82) is 0 Å². The zero-order valence-corrected chi connectivity index (χ0v) is 12.7. The first-order valence-corrected chi connectivity index (χ1v) is 6.99. The molecule has 0 saturated carbocycles. The van der Waals surface area contributed by atoms with Crippen LogP contribution in [-0.2, 0) is 4.79 Å². The first kappa shape index (κ1) is 14.6. The molecule has 5 nitrogen and oxygen atoms in total. The van der Waals surface area contributed by atoms with Gasteiger partial charge in [0.15, 0.2) is 0 Å². The summed E-state index contributed by atoms with van der Waals surface area (Å²) in [5.41, 5.74) is 1.18. The minimum Gasteiger partial charge on any atom is -0.480 e. The van der Waals surface area contributed by atoms with Gasteiger partial charge in [-0.1, -0.05) is 29.8 Å². The number of aromatic nitrogens is 1. The topological polar surface area (TPSA) is 82.2 Å². The summed E-state index contributed by atoms with van der Waals surface area (Å²) in [5.74, 6) is -1.64. The van der Waals surface area contributed by atoms with E-state index in [-0.39, 0.29) is 5.92 Å². The van der Waals surface area contributed by atoms with Gasteiger partial charge in [-0.25, -0.2) is 4.79 Å². The Balaban J connectivity index is 2.25. The highest BCUT2D eigenvalue weighted by Gasteiger charge is 2.24. The second-order valence-electron chi connectivity index (χ2n) is 4.95. The van der Waals surface area contributed by atoms with Crippen LogP contribution in [0.25, 0.3) is 10.9 Å². The molecular weight excluding hydrogens is 324 g/mol. The van der Waals surface area contributed by atoms with Crippen LogP contribution in [0.2, 0.25) is 0 Å². The molecule has 1 aromatic carbocycles. The third kappa shape index (κ3) is 3.01. The summed E-state index contributed by atoms with van der Waals surface area (Å²) in [4.78, 5) is 26.2. The second-order valence-corrected chi connectivity index (χ2v) is 5.86. The zero-order valence-electron chi connectivity index (χ0n) is 11.1. The van der Waals surface area contributed by atoms with Gasteiger partial charge in [-0.05, 0) is 30.2 Å². The molecule has 2 rings (SSSR count). The number of hydrogen-bond acceptors (Lipinski definition) is 2. The van der Waals surface area contributed by atoms with E-state index < -0.39 is 17.9 Å². The SMILES string of the molecule is CC(C)[C@@H](NC(=O)c1cc2cc(Br)ccc2[nH]1)C(=O)O. The van der Waals surface area contributed by atoms with E-state index in [1.807, 2.05) is 18.2 Å². The quantitative estimate of drug-likeness (QED) is 0.801. The molecule has 20 heavy (non-hydrogen) atoms. The van der Waals surface area contributed by atoms with Gasteiger partial charge in [-0.3, -0.25) is 4.79 Å². The molecule has 1 aromatic heterocycles. The summed E-state index contributed by atoms with van der Waals surface area (Å²) in [6.45, 7) is 3.50. The number of rotatable bonds is 4. The predicted octanol–water partition coefficient (Wildman–Crippen LogP) is 2.77. The van der Waals surface area contributed by atoms with E-state index >= 15 is 0 Å². The Kier molecular flexibility index (Phi) is 4.13. The van der Waals surface area contributed by atoms with Crippen molar-refractivity contribution < 1.29 is 14.7 Å². The summed E-state index contributed by atoms with van der Waals surface area (Å²) in [6, 6.07) is 6.41. The van der Waals surface area contributed by atoms with E-state index in [0.717, 1.165) is 15.4 Å². The Bertz CT molecular complexity index is 663. The van der Waals surface area contributed by atoms with Gasteiger partial charge in [0.25, 0.3) is 5.91 Å². The minimum absolute atomic E-state index is 0.185. The van der Waals surface area contributed by atoms with Crippen LogP contribution < -0.4 is 5.32 Å². The van der Waals surface area contributed by atoms with E-state index in [1.54, 1.807) is 19.9 Å². The van der Waals surface area contributed by atoms with E-state index in [9.17, 15) is 9.59 Å². The van der Waals surface area contributed by atoms with Gasteiger partial charge in [0.1, 0.15) is 11.7 Å². The number of benzene rings is 1. The third-order valence-corrected chi connectivity index (χ3v) is 3.54. The third-order valence-electron chi connectivity index (χ3n) is 3.05. The molecule has 3 N–H and O–H groups in total. The lowest BCUT2D eigenvalue weighted by Crippen LogP contribution is -2.44. The summed E-state index contributed by atoms with van der Waals surface area (Å²) in [6.07, 6.45) is 0. The normalized spacial score (nSPS) is 12.6. The lowest BCUT2D eigenvalue weighted by molar-refractivity contribution is -0.140. The van der Waals surface area contributed by atoms with Gasteiger partial charge < -0.3 is 15.4 Å². The Morgan fingerprint density at radius 3 is 2.60 bits per heavy atom. The summed E-state index contributed by atoms with van der Waals surface area (Å²) in [7, 11) is 0. The molecule has 0 unspecified atom stereocenters. The molecule has 0 aliphatic carbocycles. The van der Waals surface area contributed by atoms with Crippen LogP contribution in [-0.4, -0.2) is 28.0 Å². The zero-order chi connectivity index (χ0) is 14.9. The van der Waals surface area contributed by atoms with Gasteiger partial charge in [0.05, 0.1) is 0 Å². The number of H-pyrrole nitrogens is 1. The number of carbonyl (C=O) groups is 2. The number of nitrogens with one attached hydrogen (secondary N) is 2. The molecule has 0 aliphatic heterocycles. The fourth-order valence-corrected chi connectivity index (χ4v) is 2.34. The van der Waals surface area contributed by atoms with Crippen molar-refractivity contribution in [2.45, 2.75) is 19.9 Å². The number of carboxylic acids is 1. The van der Waals surface area contributed by atoms with Crippen molar-refractivity contribution in [3.05, 3.63) is 34.4 Å². The maximum atomic E-state index is 12.1. The second kappa shape index (κ2) is 5.66. The molecule has 6 heteroatoms. The first-order valence-electron chi connectivity index (χ1n) is 6.20. The predicted molar refractivity (Wildman–Crippen MR) is 79.7 cm³/mol. The van der Waals surface area contributed by atoms with Crippen molar-refractivity contribution in [3.8, 4) is 0 Å². The summed E-state index contributed by atoms with van der Waals surface area (Å²) >= 11 is 3.36. The van der Waals surface area contributed by atoms with E-state index in [1.165, 1.54) is 0 Å². The number of hydrogen-bond donors (Lipinski definition) is 3. The molecule has 106 valence electrons. The van der Waals surface area contributed by atoms with Gasteiger partial charge in [-0.2, -0.15) is 0 Å². The fraction of sp³-hybridized carbons (Fsp3) is 0.286. The van der Waals surface area contributed by atoms with Crippen LogP contribution in [0.15, 0.2) is 28.7 Å². The number of amides is 1. The lowest BCUT2D eigenvalue weighted by atomic mass is 10.0. The van der Waals surface area contributed by atoms with E-state index in [4.69, 9.17) is 5.11 Å². The molecular formula is C14H15BrN2O3. The van der Waals surface area contributed by atoms with Crippen LogP contribution in [0.5, 0.6) is 0 Å². The average Bonchev–Trinajstić information content (AvgIpc) is 2.77. The highest BCUT2D eigenvalue weighted by molar-refractivity contribution is 9.10. The number of halogens is 1. The van der Waals surface area contributed by atoms with Crippen LogP contribution in [0, 0.1) is 5.92 Å². The molecule has 2 aromatic rings. The largest absolute Gasteiger partial charge is 0.480 e. The molecule has 1 heterocycles. The molecule has 0 bridgehead atoms. The summed E-state index contributed by atoms with van der Waals surface area (Å²) in [5, 5.41) is 12.5. The number of carbonyl (C=O) groups excluding carboxylic acids is 1. The monoisotopic (exact) mass is 338 g/mol. The van der Waals surface area contributed by atoms with Crippen molar-refractivity contribution in [3.63, 3.8) is 0 Å². The maximum Gasteiger partial charge on any atom is 0.326 e. The van der Waals surface area contributed by atoms with Crippen molar-refractivity contribution in [1.82, 2.24) is 10.3 Å². The standard InChI is InChI=1S/C14H15BrN2O3/c1-7(2)12(14(19)20)17-13(18)11-6-8-5-9(15)3-4-10(8)16-11/h3-7,12,16H,1-2H3,(H,17,18)(H,19,20)/t12-/m1/s1. The molecule has 0 fully saturated rings. The Morgan fingerprint density at radius 1 is 1.30 bits per heavy atom. The Labute approximate surface area is 124 Å². The van der Waals surface area contributed by atoms with Crippen LogP contribution in [0.3, 0.4) is 0 Å². The van der Waals surface area contributed by atoms with Crippen LogP contribution in [0.4, 0.5) is 0 Å². The van der Waals surface area contributed by atoms with Crippen molar-refractivity contribution in [2.24, 2.45) is 5.92 Å².